The molecule has 0 aromatic heterocycles. The van der Waals surface area contributed by atoms with E-state index in [9.17, 15) is 19.5 Å². The Hall–Kier alpha value is -3.54. The van der Waals surface area contributed by atoms with E-state index in [1.165, 1.54) is 7.11 Å². The van der Waals surface area contributed by atoms with Gasteiger partial charge >= 0.3 is 5.97 Å². The highest BCUT2D eigenvalue weighted by Crippen LogP contribution is 2.60. The van der Waals surface area contributed by atoms with Gasteiger partial charge in [-0.25, -0.2) is 0 Å². The molecule has 53 heavy (non-hydrogen) atoms. The molecule has 4 rings (SSSR count). The second-order valence-corrected chi connectivity index (χ2v) is 17.3. The van der Waals surface area contributed by atoms with E-state index in [0.29, 0.717) is 37.7 Å². The number of carbonyl (C=O) groups is 4. The lowest BCUT2D eigenvalue weighted by molar-refractivity contribution is -0.164. The van der Waals surface area contributed by atoms with Crippen molar-refractivity contribution in [2.75, 3.05) is 26.9 Å². The highest BCUT2D eigenvalue weighted by molar-refractivity contribution is 5.98. The molecule has 3 fully saturated rings. The number of ether oxygens (including phenoxy) is 3. The quantitative estimate of drug-likeness (QED) is 0.143. The Morgan fingerprint density at radius 3 is 2.38 bits per heavy atom. The number of allylic oxidation sites excluding steroid dienone is 1. The number of esters is 1. The first kappa shape index (κ1) is 42.2. The molecule has 0 unspecified atom stereocenters. The van der Waals surface area contributed by atoms with Crippen LogP contribution in [0.1, 0.15) is 98.7 Å². The number of fused-ring (bicyclic) bond motifs is 1. The molecular weight excluding hydrogens is 674 g/mol. The van der Waals surface area contributed by atoms with Gasteiger partial charge in [-0.3, -0.25) is 19.2 Å². The van der Waals surface area contributed by atoms with Gasteiger partial charge < -0.3 is 34.4 Å². The van der Waals surface area contributed by atoms with Crippen LogP contribution in [0.2, 0.25) is 0 Å². The van der Waals surface area contributed by atoms with E-state index < -0.39 is 59.3 Å². The fraction of sp³-hybridized carbons (Fsp3) is 0.667. The normalized spacial score (nSPS) is 25.5. The molecule has 8 atom stereocenters. The second kappa shape index (κ2) is 17.3. The van der Waals surface area contributed by atoms with Gasteiger partial charge in [0.25, 0.3) is 0 Å². The number of nitrogens with zero attached hydrogens (tertiary/aromatic N) is 2. The summed E-state index contributed by atoms with van der Waals surface area (Å²) in [7, 11) is 1.51. The summed E-state index contributed by atoms with van der Waals surface area (Å²) in [4.78, 5) is 61.0. The lowest BCUT2D eigenvalue weighted by Gasteiger charge is -2.46. The van der Waals surface area contributed by atoms with Crippen LogP contribution in [0, 0.1) is 23.2 Å². The van der Waals surface area contributed by atoms with Crippen LogP contribution in [0.25, 0.3) is 0 Å². The third-order valence-corrected chi connectivity index (χ3v) is 10.9. The third kappa shape index (κ3) is 9.06. The van der Waals surface area contributed by atoms with E-state index in [2.05, 4.69) is 39.2 Å². The maximum absolute atomic E-state index is 15.2. The summed E-state index contributed by atoms with van der Waals surface area (Å²) in [6.45, 7) is 22.1. The number of hydrogen-bond acceptors (Lipinski definition) is 8. The van der Waals surface area contributed by atoms with Crippen molar-refractivity contribution in [3.8, 4) is 0 Å². The Kier molecular flexibility index (Phi) is 13.8. The van der Waals surface area contributed by atoms with Crippen LogP contribution in [0.15, 0.2) is 55.6 Å². The molecule has 3 saturated heterocycles. The third-order valence-electron chi connectivity index (χ3n) is 10.9. The van der Waals surface area contributed by atoms with E-state index in [1.54, 1.807) is 22.0 Å². The molecule has 3 aliphatic heterocycles. The van der Waals surface area contributed by atoms with E-state index >= 15 is 4.79 Å². The van der Waals surface area contributed by atoms with Crippen molar-refractivity contribution in [3.05, 3.63) is 61.2 Å². The van der Waals surface area contributed by atoms with Gasteiger partial charge in [0.05, 0.1) is 43.2 Å². The molecule has 1 aromatic rings. The lowest BCUT2D eigenvalue weighted by atomic mass is 9.70. The van der Waals surface area contributed by atoms with Crippen LogP contribution >= 0.6 is 0 Å². The highest BCUT2D eigenvalue weighted by atomic mass is 16.6. The summed E-state index contributed by atoms with van der Waals surface area (Å²) in [5.74, 6) is -3.44. The number of carbonyl (C=O) groups excluding carboxylic acids is 4. The van der Waals surface area contributed by atoms with E-state index in [4.69, 9.17) is 14.2 Å². The van der Waals surface area contributed by atoms with Crippen molar-refractivity contribution < 1.29 is 38.5 Å². The molecule has 2 N–H and O–H groups in total. The van der Waals surface area contributed by atoms with Crippen LogP contribution in [0.4, 0.5) is 0 Å². The second-order valence-electron chi connectivity index (χ2n) is 17.3. The van der Waals surface area contributed by atoms with Crippen LogP contribution < -0.4 is 5.32 Å². The van der Waals surface area contributed by atoms with Crippen molar-refractivity contribution in [1.82, 2.24) is 15.1 Å². The van der Waals surface area contributed by atoms with Gasteiger partial charge in [-0.15, -0.1) is 13.2 Å². The summed E-state index contributed by atoms with van der Waals surface area (Å²) in [5, 5.41) is 13.8. The zero-order chi connectivity index (χ0) is 39.3. The molecule has 1 spiro atoms. The van der Waals surface area contributed by atoms with Crippen LogP contribution in [0.3, 0.4) is 0 Å². The summed E-state index contributed by atoms with van der Waals surface area (Å²) in [6, 6.07) is 6.67. The van der Waals surface area contributed by atoms with E-state index in [1.807, 2.05) is 58.0 Å². The molecule has 0 saturated carbocycles. The van der Waals surface area contributed by atoms with Gasteiger partial charge in [-0.05, 0) is 62.8 Å². The minimum absolute atomic E-state index is 0.0603. The van der Waals surface area contributed by atoms with Gasteiger partial charge in [-0.2, -0.15) is 0 Å². The van der Waals surface area contributed by atoms with Gasteiger partial charge in [0.15, 0.2) is 0 Å². The molecule has 2 bridgehead atoms. The predicted octanol–water partition coefficient (Wildman–Crippen LogP) is 5.38. The average Bonchev–Trinajstić information content (AvgIpc) is 3.73. The largest absolute Gasteiger partial charge is 0.455 e. The Balaban J connectivity index is 1.78. The maximum Gasteiger partial charge on any atom is 0.313 e. The van der Waals surface area contributed by atoms with Crippen molar-refractivity contribution in [3.63, 3.8) is 0 Å². The first-order valence-electron chi connectivity index (χ1n) is 19.1. The predicted molar refractivity (Wildman–Crippen MR) is 203 cm³/mol. The fourth-order valence-corrected chi connectivity index (χ4v) is 9.28. The molecule has 3 aliphatic rings. The first-order chi connectivity index (χ1) is 25.0. The minimum atomic E-state index is -1.29. The number of aliphatic hydroxyl groups is 1. The van der Waals surface area contributed by atoms with Gasteiger partial charge in [0.1, 0.15) is 17.7 Å². The monoisotopic (exact) mass is 737 g/mol. The van der Waals surface area contributed by atoms with E-state index in [0.717, 1.165) is 0 Å². The first-order valence-corrected chi connectivity index (χ1v) is 19.1. The van der Waals surface area contributed by atoms with Gasteiger partial charge in [0, 0.05) is 25.6 Å². The molecule has 3 amide bonds. The summed E-state index contributed by atoms with van der Waals surface area (Å²) >= 11 is 0. The van der Waals surface area contributed by atoms with Crippen LogP contribution in [0.5, 0.6) is 0 Å². The average molecular weight is 738 g/mol. The van der Waals surface area contributed by atoms with Crippen LogP contribution in [-0.2, 0) is 33.4 Å². The standard InChI is InChI=1S/C42H63N3O8/c1-11-13-19-32(47)43-30(25-51-10)35(28-17-15-14-16-18-28)52-39(50)33-31-20-21-42(53-31)34(33)37(48)45(29(24-46)23-27(3)4)36(42)38(49)44(22-12-2)41(8,9)26-40(5,6)7/h11-12,14-18,27,29-31,33-36,46H,1-2,13,19-26H2,3-10H3,(H,43,47)/t29-,30-,31+,33-,34-,35-,36+,42-/m1/s1. The topological polar surface area (TPSA) is 135 Å². The molecule has 3 heterocycles. The Labute approximate surface area is 316 Å². The molecular formula is C42H63N3O8. The molecule has 294 valence electrons. The maximum atomic E-state index is 15.2. The number of benzene rings is 1. The Bertz CT molecular complexity index is 1470. The molecule has 1 aromatic carbocycles. The number of methoxy groups -OCH3 is 1. The zero-order valence-electron chi connectivity index (χ0n) is 33.1. The van der Waals surface area contributed by atoms with Crippen molar-refractivity contribution in [2.45, 2.75) is 128 Å². The number of amides is 3. The fourth-order valence-electron chi connectivity index (χ4n) is 9.28. The number of nitrogens with one attached hydrogen (secondary N) is 1. The number of hydrogen-bond donors (Lipinski definition) is 2. The van der Waals surface area contributed by atoms with Crippen molar-refractivity contribution in [1.29, 1.82) is 0 Å². The molecule has 0 radical (unpaired) electrons. The van der Waals surface area contributed by atoms with E-state index in [-0.39, 0.29) is 55.2 Å². The summed E-state index contributed by atoms with van der Waals surface area (Å²) in [5.41, 5.74) is -1.38. The van der Waals surface area contributed by atoms with Crippen molar-refractivity contribution in [2.24, 2.45) is 23.2 Å². The number of likely N-dealkylation sites (tertiary alicyclic amines) is 1. The lowest BCUT2D eigenvalue weighted by Crippen LogP contribution is -2.62. The number of rotatable bonds is 19. The SMILES string of the molecule is C=CCCC(=O)N[C@H](COC)[C@H](OC(=O)[C@@H]1[C@@H]2CC[C@]3(O2)[C@H](C(=O)N(CC=C)C(C)(C)CC(C)(C)C)N([C@@H](CO)CC(C)C)C(=O)[C@@H]13)c1ccccc1. The highest BCUT2D eigenvalue weighted by Gasteiger charge is 2.76. The van der Waals surface area contributed by atoms with Crippen LogP contribution in [-0.4, -0.2) is 101 Å². The number of aliphatic hydroxyl groups excluding tert-OH is 1. The smallest absolute Gasteiger partial charge is 0.313 e. The van der Waals surface area contributed by atoms with Crippen molar-refractivity contribution >= 4 is 23.7 Å². The van der Waals surface area contributed by atoms with Gasteiger partial charge in [-0.1, -0.05) is 77.1 Å². The minimum Gasteiger partial charge on any atom is -0.455 e. The molecule has 0 aliphatic carbocycles. The summed E-state index contributed by atoms with van der Waals surface area (Å²) < 4.78 is 18.6. The zero-order valence-corrected chi connectivity index (χ0v) is 33.1. The molecule has 11 heteroatoms. The summed E-state index contributed by atoms with van der Waals surface area (Å²) in [6.07, 6.45) is 4.45. The Morgan fingerprint density at radius 2 is 1.81 bits per heavy atom. The molecule has 11 nitrogen and oxygen atoms in total. The van der Waals surface area contributed by atoms with Gasteiger partial charge in [0.2, 0.25) is 17.7 Å². The Morgan fingerprint density at radius 1 is 1.13 bits per heavy atom.